The van der Waals surface area contributed by atoms with Crippen molar-refractivity contribution in [1.82, 2.24) is 9.88 Å². The number of amides is 1. The summed E-state index contributed by atoms with van der Waals surface area (Å²) in [4.78, 5) is 30.7. The maximum absolute atomic E-state index is 12.6. The summed E-state index contributed by atoms with van der Waals surface area (Å²) in [6.45, 7) is 9.91. The second-order valence-electron chi connectivity index (χ2n) is 10.7. The lowest BCUT2D eigenvalue weighted by Crippen LogP contribution is -2.37. The largest absolute Gasteiger partial charge is 0.507 e. The summed E-state index contributed by atoms with van der Waals surface area (Å²) in [7, 11) is 3.29. The molecule has 1 aliphatic rings. The van der Waals surface area contributed by atoms with E-state index in [1.165, 1.54) is 13.2 Å². The topological polar surface area (TPSA) is 122 Å². The van der Waals surface area contributed by atoms with Gasteiger partial charge in [0.15, 0.2) is 0 Å². The Labute approximate surface area is 253 Å². The molecule has 1 aromatic carbocycles. The number of fused-ring (bicyclic) bond motifs is 1. The highest BCUT2D eigenvalue weighted by atomic mass is 16.6. The summed E-state index contributed by atoms with van der Waals surface area (Å²) in [5.74, 6) is -0.147. The van der Waals surface area contributed by atoms with Gasteiger partial charge in [0.05, 0.1) is 18.6 Å². The molecule has 3 unspecified atom stereocenters. The van der Waals surface area contributed by atoms with E-state index >= 15 is 0 Å². The van der Waals surface area contributed by atoms with Crippen molar-refractivity contribution < 1.29 is 33.7 Å². The summed E-state index contributed by atoms with van der Waals surface area (Å²) in [6.07, 6.45) is 15.9. The third-order valence-electron chi connectivity index (χ3n) is 7.25. The number of aromatic nitrogens is 1. The van der Waals surface area contributed by atoms with Gasteiger partial charge in [0, 0.05) is 36.7 Å². The van der Waals surface area contributed by atoms with E-state index in [4.69, 9.17) is 13.9 Å². The SMILES string of the molecule is C=C(C/C=C/C=C/CC/C=C/CN(C)C(=O)/C=C(\C)OC)c1nc(CC(C)C2OC(=O)c3c(ccc(C)c3O)C2O)co1. The van der Waals surface area contributed by atoms with E-state index in [0.717, 1.165) is 18.4 Å². The Balaban J connectivity index is 1.41. The van der Waals surface area contributed by atoms with Crippen LogP contribution in [0.25, 0.3) is 5.57 Å². The van der Waals surface area contributed by atoms with E-state index in [9.17, 15) is 19.8 Å². The molecule has 0 aliphatic carbocycles. The molecule has 9 heteroatoms. The van der Waals surface area contributed by atoms with Gasteiger partial charge in [-0.2, -0.15) is 0 Å². The van der Waals surface area contributed by atoms with Crippen LogP contribution in [0.3, 0.4) is 0 Å². The number of cyclic esters (lactones) is 1. The molecule has 9 nitrogen and oxygen atoms in total. The van der Waals surface area contributed by atoms with Crippen LogP contribution in [-0.2, 0) is 20.7 Å². The van der Waals surface area contributed by atoms with Crippen LogP contribution in [0.15, 0.2) is 77.7 Å². The molecule has 0 fully saturated rings. The number of carbonyl (C=O) groups excluding carboxylic acids is 2. The van der Waals surface area contributed by atoms with Crippen LogP contribution in [0.5, 0.6) is 5.75 Å². The Bertz CT molecular complexity index is 1420. The molecule has 230 valence electrons. The van der Waals surface area contributed by atoms with E-state index in [0.29, 0.717) is 47.9 Å². The van der Waals surface area contributed by atoms with Crippen molar-refractivity contribution in [2.45, 2.75) is 58.7 Å². The van der Waals surface area contributed by atoms with Gasteiger partial charge in [-0.15, -0.1) is 0 Å². The molecule has 0 bridgehead atoms. The number of phenolic OH excluding ortho intramolecular Hbond substituents is 1. The molecule has 0 radical (unpaired) electrons. The minimum Gasteiger partial charge on any atom is -0.507 e. The molecule has 2 heterocycles. The normalized spacial score (nSPS) is 17.8. The van der Waals surface area contributed by atoms with Crippen LogP contribution in [0, 0.1) is 12.8 Å². The Hall–Kier alpha value is -4.37. The maximum Gasteiger partial charge on any atom is 0.342 e. The maximum atomic E-state index is 12.6. The molecular weight excluding hydrogens is 548 g/mol. The number of aliphatic hydroxyl groups excluding tert-OH is 1. The second-order valence-corrected chi connectivity index (χ2v) is 10.7. The molecule has 1 amide bonds. The molecule has 2 aromatic rings. The first-order chi connectivity index (χ1) is 20.5. The first-order valence-electron chi connectivity index (χ1n) is 14.3. The highest BCUT2D eigenvalue weighted by Gasteiger charge is 2.39. The van der Waals surface area contributed by atoms with Gasteiger partial charge < -0.3 is 29.0 Å². The third kappa shape index (κ3) is 9.06. The molecule has 0 saturated heterocycles. The Kier molecular flexibility index (Phi) is 12.1. The number of benzene rings is 1. The number of nitrogens with zero attached hydrogens (tertiary/aromatic N) is 2. The Morgan fingerprint density at radius 2 is 1.93 bits per heavy atom. The lowest BCUT2D eigenvalue weighted by atomic mass is 9.86. The number of hydrogen-bond acceptors (Lipinski definition) is 8. The Morgan fingerprint density at radius 3 is 2.67 bits per heavy atom. The first-order valence-corrected chi connectivity index (χ1v) is 14.3. The van der Waals surface area contributed by atoms with Crippen LogP contribution in [0.1, 0.15) is 72.3 Å². The summed E-state index contributed by atoms with van der Waals surface area (Å²) in [5.41, 5.74) is 2.32. The highest BCUT2D eigenvalue weighted by molar-refractivity contribution is 5.96. The van der Waals surface area contributed by atoms with Crippen LogP contribution in [0.2, 0.25) is 0 Å². The lowest BCUT2D eigenvalue weighted by molar-refractivity contribution is -0.124. The number of likely N-dealkylation sites (N-methyl/N-ethyl adjacent to an activating group) is 1. The highest BCUT2D eigenvalue weighted by Crippen LogP contribution is 2.39. The van der Waals surface area contributed by atoms with Gasteiger partial charge in [0.1, 0.15) is 29.8 Å². The molecule has 43 heavy (non-hydrogen) atoms. The van der Waals surface area contributed by atoms with Crippen molar-refractivity contribution >= 4 is 17.4 Å². The van der Waals surface area contributed by atoms with Crippen LogP contribution >= 0.6 is 0 Å². The van der Waals surface area contributed by atoms with Crippen molar-refractivity contribution in [3.63, 3.8) is 0 Å². The number of phenols is 1. The Morgan fingerprint density at radius 1 is 1.21 bits per heavy atom. The van der Waals surface area contributed by atoms with Crippen molar-refractivity contribution in [2.24, 2.45) is 5.92 Å². The summed E-state index contributed by atoms with van der Waals surface area (Å²) in [6, 6.07) is 3.33. The number of esters is 1. The molecule has 3 rings (SSSR count). The summed E-state index contributed by atoms with van der Waals surface area (Å²) < 4.78 is 16.2. The van der Waals surface area contributed by atoms with Crippen molar-refractivity contribution in [3.8, 4) is 5.75 Å². The number of rotatable bonds is 14. The molecular formula is C34H42N2O7. The molecule has 1 aliphatic heterocycles. The lowest BCUT2D eigenvalue weighted by Gasteiger charge is -2.33. The third-order valence-corrected chi connectivity index (χ3v) is 7.25. The molecule has 2 N–H and O–H groups in total. The zero-order valence-electron chi connectivity index (χ0n) is 25.6. The van der Waals surface area contributed by atoms with E-state index < -0.39 is 18.2 Å². The number of carbonyl (C=O) groups is 2. The monoisotopic (exact) mass is 590 g/mol. The van der Waals surface area contributed by atoms with E-state index in [1.54, 1.807) is 44.2 Å². The number of unbranched alkanes of at least 4 members (excludes halogenated alkanes) is 1. The zero-order chi connectivity index (χ0) is 31.5. The fourth-order valence-electron chi connectivity index (χ4n) is 4.56. The van der Waals surface area contributed by atoms with E-state index in [2.05, 4.69) is 23.7 Å². The molecule has 1 aromatic heterocycles. The fourth-order valence-corrected chi connectivity index (χ4v) is 4.56. The minimum atomic E-state index is -1.06. The number of aromatic hydroxyl groups is 1. The second kappa shape index (κ2) is 15.7. The number of aryl methyl sites for hydroxylation is 1. The minimum absolute atomic E-state index is 0.0237. The first kappa shape index (κ1) is 33.1. The van der Waals surface area contributed by atoms with Gasteiger partial charge in [-0.1, -0.05) is 62.1 Å². The number of allylic oxidation sites excluding steroid dienone is 7. The van der Waals surface area contributed by atoms with E-state index in [1.807, 2.05) is 31.2 Å². The average Bonchev–Trinajstić information content (AvgIpc) is 3.45. The predicted octanol–water partition coefficient (Wildman–Crippen LogP) is 6.00. The molecule has 3 atom stereocenters. The standard InChI is InChI=1S/C34H42N2O7/c1-22-16-17-27-29(30(22)38)34(40)43-32(31(27)39)24(3)19-26-21-42-33(35-26)23(2)15-13-11-9-7-8-10-12-14-18-36(5)28(37)20-25(4)41-6/h7,9,11-14,16-17,20-21,24,31-32,38-39H,2,8,10,15,18-19H2,1,3-6H3/b9-7+,13-11+,14-12+,25-20+. The fraction of sp³-hybridized carbons (Fsp3) is 0.382. The van der Waals surface area contributed by atoms with Crippen LogP contribution in [-0.4, -0.2) is 58.8 Å². The van der Waals surface area contributed by atoms with Crippen LogP contribution < -0.4 is 0 Å². The number of hydrogen-bond donors (Lipinski definition) is 2. The number of oxazole rings is 1. The van der Waals surface area contributed by atoms with Gasteiger partial charge in [0.25, 0.3) is 0 Å². The quantitative estimate of drug-likeness (QED) is 0.0686. The van der Waals surface area contributed by atoms with Gasteiger partial charge >= 0.3 is 5.97 Å². The number of aliphatic hydroxyl groups is 1. The van der Waals surface area contributed by atoms with Crippen LogP contribution in [0.4, 0.5) is 0 Å². The summed E-state index contributed by atoms with van der Waals surface area (Å²) in [5, 5.41) is 21.2. The van der Waals surface area contributed by atoms with Gasteiger partial charge in [-0.25, -0.2) is 9.78 Å². The summed E-state index contributed by atoms with van der Waals surface area (Å²) >= 11 is 0. The zero-order valence-corrected chi connectivity index (χ0v) is 25.6. The van der Waals surface area contributed by atoms with Crippen molar-refractivity contribution in [3.05, 3.63) is 102 Å². The smallest absolute Gasteiger partial charge is 0.342 e. The molecule has 0 saturated carbocycles. The average molecular weight is 591 g/mol. The predicted molar refractivity (Wildman–Crippen MR) is 165 cm³/mol. The van der Waals surface area contributed by atoms with Crippen molar-refractivity contribution in [1.29, 1.82) is 0 Å². The number of methoxy groups -OCH3 is 1. The van der Waals surface area contributed by atoms with Crippen molar-refractivity contribution in [2.75, 3.05) is 20.7 Å². The van der Waals surface area contributed by atoms with Gasteiger partial charge in [-0.05, 0) is 45.1 Å². The van der Waals surface area contributed by atoms with E-state index in [-0.39, 0.29) is 23.1 Å². The number of ether oxygens (including phenoxy) is 2. The van der Waals surface area contributed by atoms with Gasteiger partial charge in [0.2, 0.25) is 11.8 Å². The van der Waals surface area contributed by atoms with Gasteiger partial charge in [-0.3, -0.25) is 4.79 Å². The molecule has 0 spiro atoms.